The van der Waals surface area contributed by atoms with Crippen LogP contribution in [-0.2, 0) is 16.1 Å². The lowest BCUT2D eigenvalue weighted by Crippen LogP contribution is -2.57. The maximum absolute atomic E-state index is 13.4. The summed E-state index contributed by atoms with van der Waals surface area (Å²) in [5.41, 5.74) is -1.08. The third-order valence-corrected chi connectivity index (χ3v) is 3.96. The van der Waals surface area contributed by atoms with Crippen molar-refractivity contribution in [1.82, 2.24) is 10.2 Å². The molecule has 0 unspecified atom stereocenters. The van der Waals surface area contributed by atoms with E-state index in [0.29, 0.717) is 24.3 Å². The molecule has 1 aliphatic rings. The Balaban J connectivity index is 2.01. The molecule has 23 heavy (non-hydrogen) atoms. The summed E-state index contributed by atoms with van der Waals surface area (Å²) in [4.78, 5) is 25.2. The molecule has 6 nitrogen and oxygen atoms in total. The van der Waals surface area contributed by atoms with Crippen molar-refractivity contribution in [2.75, 3.05) is 20.2 Å². The van der Waals surface area contributed by atoms with Crippen molar-refractivity contribution < 1.29 is 23.8 Å². The Bertz CT molecular complexity index is 608. The van der Waals surface area contributed by atoms with Crippen molar-refractivity contribution in [2.45, 2.75) is 31.9 Å². The summed E-state index contributed by atoms with van der Waals surface area (Å²) in [7, 11) is 1.43. The smallest absolute Gasteiger partial charge is 0.254 e. The van der Waals surface area contributed by atoms with Crippen LogP contribution in [-0.4, -0.2) is 47.6 Å². The molecular weight excluding hydrogens is 303 g/mol. The minimum atomic E-state index is -1.61. The van der Waals surface area contributed by atoms with Gasteiger partial charge in [-0.15, -0.1) is 0 Å². The fraction of sp³-hybridized carbons (Fsp3) is 0.500. The van der Waals surface area contributed by atoms with Gasteiger partial charge in [0.05, 0.1) is 13.7 Å². The van der Waals surface area contributed by atoms with E-state index in [1.807, 2.05) is 0 Å². The number of hydrogen-bond donors (Lipinski definition) is 2. The molecule has 0 aliphatic carbocycles. The molecule has 126 valence electrons. The number of piperidine rings is 1. The zero-order valence-corrected chi connectivity index (χ0v) is 13.3. The first-order valence-electron chi connectivity index (χ1n) is 7.44. The molecule has 0 saturated carbocycles. The molecule has 1 atom stereocenters. The lowest BCUT2D eigenvalue weighted by atomic mass is 9.91. The van der Waals surface area contributed by atoms with Gasteiger partial charge in [0, 0.05) is 26.1 Å². The zero-order chi connectivity index (χ0) is 17.0. The van der Waals surface area contributed by atoms with Crippen LogP contribution in [0.3, 0.4) is 0 Å². The molecule has 2 rings (SSSR count). The van der Waals surface area contributed by atoms with Crippen molar-refractivity contribution in [2.24, 2.45) is 0 Å². The SMILES string of the molecule is COc1cc(F)cc(CNC(=O)[C@@]2(O)CCCN(C(C)=O)C2)c1. The molecule has 7 heteroatoms. The number of carbonyl (C=O) groups excluding carboxylic acids is 2. The Labute approximate surface area is 134 Å². The van der Waals surface area contributed by atoms with Crippen LogP contribution >= 0.6 is 0 Å². The molecule has 0 radical (unpaired) electrons. The van der Waals surface area contributed by atoms with Gasteiger partial charge in [-0.1, -0.05) is 0 Å². The van der Waals surface area contributed by atoms with Gasteiger partial charge in [-0.05, 0) is 30.5 Å². The molecular formula is C16H21FN2O4. The third kappa shape index (κ3) is 4.19. The Morgan fingerprint density at radius 1 is 1.43 bits per heavy atom. The fourth-order valence-electron chi connectivity index (χ4n) is 2.68. The fourth-order valence-corrected chi connectivity index (χ4v) is 2.68. The monoisotopic (exact) mass is 324 g/mol. The highest BCUT2D eigenvalue weighted by Gasteiger charge is 2.40. The number of nitrogens with zero attached hydrogens (tertiary/aromatic N) is 1. The van der Waals surface area contributed by atoms with E-state index in [1.54, 1.807) is 6.07 Å². The average molecular weight is 324 g/mol. The lowest BCUT2D eigenvalue weighted by molar-refractivity contribution is -0.150. The maximum atomic E-state index is 13.4. The van der Waals surface area contributed by atoms with Gasteiger partial charge in [0.2, 0.25) is 5.91 Å². The number of halogens is 1. The van der Waals surface area contributed by atoms with Gasteiger partial charge in [-0.3, -0.25) is 9.59 Å². The molecule has 1 saturated heterocycles. The number of β-amino-alcohol motifs (C(OH)–C–C–N with tert-alkyl or cyclic N) is 1. The second-order valence-corrected chi connectivity index (χ2v) is 5.76. The van der Waals surface area contributed by atoms with Gasteiger partial charge in [0.25, 0.3) is 5.91 Å². The van der Waals surface area contributed by atoms with E-state index in [1.165, 1.54) is 31.1 Å². The molecule has 0 spiro atoms. The van der Waals surface area contributed by atoms with E-state index in [0.717, 1.165) is 0 Å². The largest absolute Gasteiger partial charge is 0.497 e. The minimum Gasteiger partial charge on any atom is -0.497 e. The summed E-state index contributed by atoms with van der Waals surface area (Å²) in [6.45, 7) is 1.98. The van der Waals surface area contributed by atoms with Crippen molar-refractivity contribution in [3.8, 4) is 5.75 Å². The van der Waals surface area contributed by atoms with Crippen molar-refractivity contribution in [1.29, 1.82) is 0 Å². The number of hydrogen-bond acceptors (Lipinski definition) is 4. The summed E-state index contributed by atoms with van der Waals surface area (Å²) in [5, 5.41) is 13.1. The van der Waals surface area contributed by atoms with Gasteiger partial charge in [-0.2, -0.15) is 0 Å². The van der Waals surface area contributed by atoms with E-state index in [9.17, 15) is 19.1 Å². The molecule has 2 N–H and O–H groups in total. The molecule has 2 amide bonds. The van der Waals surface area contributed by atoms with Crippen molar-refractivity contribution in [3.63, 3.8) is 0 Å². The van der Waals surface area contributed by atoms with Gasteiger partial charge < -0.3 is 20.1 Å². The number of likely N-dealkylation sites (tertiary alicyclic amines) is 1. The van der Waals surface area contributed by atoms with Crippen LogP contribution in [0.2, 0.25) is 0 Å². The Kier molecular flexibility index (Phi) is 5.20. The second kappa shape index (κ2) is 6.95. The Morgan fingerprint density at radius 2 is 2.17 bits per heavy atom. The number of ether oxygens (including phenoxy) is 1. The Morgan fingerprint density at radius 3 is 2.83 bits per heavy atom. The van der Waals surface area contributed by atoms with Crippen LogP contribution in [0.25, 0.3) is 0 Å². The zero-order valence-electron chi connectivity index (χ0n) is 13.3. The molecule has 1 fully saturated rings. The molecule has 0 bridgehead atoms. The van der Waals surface area contributed by atoms with E-state index < -0.39 is 17.3 Å². The van der Waals surface area contributed by atoms with Crippen LogP contribution in [0.5, 0.6) is 5.75 Å². The van der Waals surface area contributed by atoms with Crippen LogP contribution in [0.4, 0.5) is 4.39 Å². The topological polar surface area (TPSA) is 78.9 Å². The van der Waals surface area contributed by atoms with Gasteiger partial charge in [0.1, 0.15) is 11.6 Å². The Hall–Kier alpha value is -2.15. The molecule has 1 aromatic carbocycles. The highest BCUT2D eigenvalue weighted by atomic mass is 19.1. The summed E-state index contributed by atoms with van der Waals surface area (Å²) in [5.74, 6) is -0.849. The standard InChI is InChI=1S/C16H21FN2O4/c1-11(20)19-5-3-4-16(22,10-19)15(21)18-9-12-6-13(17)8-14(7-12)23-2/h6-8,22H,3-5,9-10H2,1-2H3,(H,18,21)/t16-/m1/s1. The van der Waals surface area contributed by atoms with Crippen LogP contribution in [0.15, 0.2) is 18.2 Å². The number of benzene rings is 1. The maximum Gasteiger partial charge on any atom is 0.254 e. The summed E-state index contributed by atoms with van der Waals surface area (Å²) >= 11 is 0. The number of methoxy groups -OCH3 is 1. The first-order valence-corrected chi connectivity index (χ1v) is 7.44. The number of rotatable bonds is 4. The predicted octanol–water partition coefficient (Wildman–Crippen LogP) is 0.824. The van der Waals surface area contributed by atoms with Crippen LogP contribution in [0.1, 0.15) is 25.3 Å². The lowest BCUT2D eigenvalue weighted by Gasteiger charge is -2.37. The summed E-state index contributed by atoms with van der Waals surface area (Å²) in [6.07, 6.45) is 0.840. The first kappa shape index (κ1) is 17.2. The van der Waals surface area contributed by atoms with Crippen molar-refractivity contribution >= 4 is 11.8 Å². The second-order valence-electron chi connectivity index (χ2n) is 5.76. The van der Waals surface area contributed by atoms with E-state index >= 15 is 0 Å². The van der Waals surface area contributed by atoms with Crippen LogP contribution in [0, 0.1) is 5.82 Å². The number of amides is 2. The van der Waals surface area contributed by atoms with E-state index in [2.05, 4.69) is 5.32 Å². The quantitative estimate of drug-likeness (QED) is 0.860. The number of nitrogens with one attached hydrogen (secondary N) is 1. The summed E-state index contributed by atoms with van der Waals surface area (Å²) in [6, 6.07) is 4.14. The van der Waals surface area contributed by atoms with E-state index in [-0.39, 0.29) is 25.4 Å². The van der Waals surface area contributed by atoms with Gasteiger partial charge >= 0.3 is 0 Å². The number of carbonyl (C=O) groups is 2. The van der Waals surface area contributed by atoms with E-state index in [4.69, 9.17) is 4.74 Å². The summed E-state index contributed by atoms with van der Waals surface area (Å²) < 4.78 is 18.4. The predicted molar refractivity (Wildman–Crippen MR) is 81.2 cm³/mol. The first-order chi connectivity index (χ1) is 10.8. The highest BCUT2D eigenvalue weighted by molar-refractivity contribution is 5.86. The van der Waals surface area contributed by atoms with Crippen molar-refractivity contribution in [3.05, 3.63) is 29.6 Å². The average Bonchev–Trinajstić information content (AvgIpc) is 2.52. The molecule has 1 aliphatic heterocycles. The third-order valence-electron chi connectivity index (χ3n) is 3.96. The van der Waals surface area contributed by atoms with Crippen LogP contribution < -0.4 is 10.1 Å². The highest BCUT2D eigenvalue weighted by Crippen LogP contribution is 2.22. The number of aliphatic hydroxyl groups is 1. The molecule has 1 aromatic rings. The normalized spacial score (nSPS) is 21.0. The molecule has 0 aromatic heterocycles. The molecule has 1 heterocycles. The van der Waals surface area contributed by atoms with Gasteiger partial charge in [0.15, 0.2) is 5.60 Å². The minimum absolute atomic E-state index is 0.0271. The van der Waals surface area contributed by atoms with Gasteiger partial charge in [-0.25, -0.2) is 4.39 Å².